The molecule has 0 aromatic heterocycles. The molecular weight excluding hydrogens is 130 g/mol. The molecular formula is C7H11NO2. The van der Waals surface area contributed by atoms with E-state index < -0.39 is 0 Å². The quantitative estimate of drug-likeness (QED) is 0.524. The molecule has 1 amide bonds. The summed E-state index contributed by atoms with van der Waals surface area (Å²) in [5, 5.41) is 11.3. The largest absolute Gasteiger partial charge is 0.392 e. The molecule has 1 aliphatic heterocycles. The van der Waals surface area contributed by atoms with Crippen LogP contribution in [-0.4, -0.2) is 23.7 Å². The van der Waals surface area contributed by atoms with Gasteiger partial charge in [-0.25, -0.2) is 0 Å². The molecule has 0 aromatic carbocycles. The molecule has 1 aliphatic rings. The summed E-state index contributed by atoms with van der Waals surface area (Å²) in [6, 6.07) is 0.0116. The third-order valence-corrected chi connectivity index (χ3v) is 1.69. The average Bonchev–Trinajstić information content (AvgIpc) is 2.34. The minimum absolute atomic E-state index is 0.0116. The fourth-order valence-corrected chi connectivity index (χ4v) is 1.03. The van der Waals surface area contributed by atoms with Crippen LogP contribution in [0.1, 0.15) is 12.8 Å². The van der Waals surface area contributed by atoms with Gasteiger partial charge in [-0.2, -0.15) is 0 Å². The Hall–Kier alpha value is -0.830. The van der Waals surface area contributed by atoms with Gasteiger partial charge in [0.25, 0.3) is 0 Å². The number of hydrogen-bond donors (Lipinski definition) is 2. The predicted octanol–water partition coefficient (Wildman–Crippen LogP) is -0.187. The topological polar surface area (TPSA) is 49.3 Å². The van der Waals surface area contributed by atoms with Gasteiger partial charge in [0.1, 0.15) is 0 Å². The van der Waals surface area contributed by atoms with Crippen LogP contribution in [0.15, 0.2) is 12.2 Å². The van der Waals surface area contributed by atoms with Crippen LogP contribution in [-0.2, 0) is 4.79 Å². The van der Waals surface area contributed by atoms with Crippen LogP contribution in [0.3, 0.4) is 0 Å². The molecule has 10 heavy (non-hydrogen) atoms. The normalized spacial score (nSPS) is 24.5. The van der Waals surface area contributed by atoms with E-state index in [9.17, 15) is 4.79 Å². The van der Waals surface area contributed by atoms with Gasteiger partial charge < -0.3 is 10.4 Å². The summed E-state index contributed by atoms with van der Waals surface area (Å²) in [6.07, 6.45) is 1.34. The summed E-state index contributed by atoms with van der Waals surface area (Å²) in [5.41, 5.74) is 0.700. The fraction of sp³-hybridized carbons (Fsp3) is 0.571. The van der Waals surface area contributed by atoms with E-state index >= 15 is 0 Å². The number of carbonyl (C=O) groups is 1. The number of hydrogen-bond acceptors (Lipinski definition) is 2. The van der Waals surface area contributed by atoms with Gasteiger partial charge in [0.05, 0.1) is 12.6 Å². The molecule has 2 N–H and O–H groups in total. The monoisotopic (exact) mass is 141 g/mol. The first-order valence-electron chi connectivity index (χ1n) is 3.32. The first-order chi connectivity index (χ1) is 4.74. The Labute approximate surface area is 59.7 Å². The zero-order chi connectivity index (χ0) is 7.56. The second kappa shape index (κ2) is 2.84. The first kappa shape index (κ1) is 7.28. The van der Waals surface area contributed by atoms with Crippen molar-refractivity contribution in [3.05, 3.63) is 12.2 Å². The van der Waals surface area contributed by atoms with Gasteiger partial charge >= 0.3 is 0 Å². The van der Waals surface area contributed by atoms with Gasteiger partial charge in [-0.15, -0.1) is 0 Å². The molecule has 1 saturated heterocycles. The molecule has 0 aromatic rings. The second-order valence-electron chi connectivity index (χ2n) is 2.48. The van der Waals surface area contributed by atoms with E-state index in [-0.39, 0.29) is 18.6 Å². The number of rotatable bonds is 2. The van der Waals surface area contributed by atoms with E-state index in [2.05, 4.69) is 11.9 Å². The zero-order valence-electron chi connectivity index (χ0n) is 5.76. The molecule has 3 heteroatoms. The highest BCUT2D eigenvalue weighted by atomic mass is 16.3. The van der Waals surface area contributed by atoms with Crippen molar-refractivity contribution in [3.8, 4) is 0 Å². The highest BCUT2D eigenvalue weighted by molar-refractivity contribution is 5.79. The maximum absolute atomic E-state index is 10.6. The lowest BCUT2D eigenvalue weighted by Gasteiger charge is -2.09. The molecule has 1 unspecified atom stereocenters. The lowest BCUT2D eigenvalue weighted by Crippen LogP contribution is -2.27. The Bertz CT molecular complexity index is 165. The number of carbonyl (C=O) groups excluding carboxylic acids is 1. The molecule has 0 saturated carbocycles. The lowest BCUT2D eigenvalue weighted by atomic mass is 10.1. The third kappa shape index (κ3) is 1.36. The molecule has 0 spiro atoms. The molecule has 56 valence electrons. The maximum atomic E-state index is 10.6. The Kier molecular flexibility index (Phi) is 2.06. The van der Waals surface area contributed by atoms with Crippen molar-refractivity contribution >= 4 is 5.91 Å². The van der Waals surface area contributed by atoms with Crippen LogP contribution in [0.5, 0.6) is 0 Å². The summed E-state index contributed by atoms with van der Waals surface area (Å²) in [6.45, 7) is 3.59. The molecule has 0 bridgehead atoms. The van der Waals surface area contributed by atoms with Gasteiger partial charge in [0.15, 0.2) is 0 Å². The van der Waals surface area contributed by atoms with E-state index in [0.29, 0.717) is 12.0 Å². The number of aliphatic hydroxyl groups is 1. The van der Waals surface area contributed by atoms with E-state index in [4.69, 9.17) is 5.11 Å². The highest BCUT2D eigenvalue weighted by Gasteiger charge is 2.21. The SMILES string of the molecule is C=C(CO)C1CCC(=O)N1. The lowest BCUT2D eigenvalue weighted by molar-refractivity contribution is -0.119. The minimum atomic E-state index is -0.0368. The average molecular weight is 141 g/mol. The Morgan fingerprint density at radius 2 is 2.60 bits per heavy atom. The van der Waals surface area contributed by atoms with Crippen molar-refractivity contribution in [1.82, 2.24) is 5.32 Å². The second-order valence-corrected chi connectivity index (χ2v) is 2.48. The van der Waals surface area contributed by atoms with Crippen molar-refractivity contribution in [2.45, 2.75) is 18.9 Å². The Balaban J connectivity index is 2.44. The molecule has 3 nitrogen and oxygen atoms in total. The van der Waals surface area contributed by atoms with Gasteiger partial charge in [0.2, 0.25) is 5.91 Å². The Morgan fingerprint density at radius 1 is 1.90 bits per heavy atom. The van der Waals surface area contributed by atoms with Crippen LogP contribution in [0.4, 0.5) is 0 Å². The standard InChI is InChI=1S/C7H11NO2/c1-5(4-9)6-2-3-7(10)8-6/h6,9H,1-4H2,(H,8,10). The summed E-state index contributed by atoms with van der Waals surface area (Å²) in [4.78, 5) is 10.6. The smallest absolute Gasteiger partial charge is 0.220 e. The van der Waals surface area contributed by atoms with Crippen molar-refractivity contribution in [3.63, 3.8) is 0 Å². The zero-order valence-corrected chi connectivity index (χ0v) is 5.76. The fourth-order valence-electron chi connectivity index (χ4n) is 1.03. The number of aliphatic hydroxyl groups excluding tert-OH is 1. The summed E-state index contributed by atoms with van der Waals surface area (Å²) >= 11 is 0. The van der Waals surface area contributed by atoms with Gasteiger partial charge in [-0.1, -0.05) is 6.58 Å². The summed E-state index contributed by atoms with van der Waals surface area (Å²) in [7, 11) is 0. The van der Waals surface area contributed by atoms with Crippen molar-refractivity contribution in [1.29, 1.82) is 0 Å². The van der Waals surface area contributed by atoms with Crippen molar-refractivity contribution in [2.75, 3.05) is 6.61 Å². The third-order valence-electron chi connectivity index (χ3n) is 1.69. The maximum Gasteiger partial charge on any atom is 0.220 e. The molecule has 1 heterocycles. The van der Waals surface area contributed by atoms with Crippen LogP contribution in [0.2, 0.25) is 0 Å². The van der Waals surface area contributed by atoms with Crippen molar-refractivity contribution < 1.29 is 9.90 Å². The molecule has 0 aliphatic carbocycles. The highest BCUT2D eigenvalue weighted by Crippen LogP contribution is 2.12. The number of nitrogens with one attached hydrogen (secondary N) is 1. The van der Waals surface area contributed by atoms with Gasteiger partial charge in [-0.05, 0) is 12.0 Å². The first-order valence-corrected chi connectivity index (χ1v) is 3.32. The number of amides is 1. The molecule has 1 rings (SSSR count). The Morgan fingerprint density at radius 3 is 3.00 bits per heavy atom. The van der Waals surface area contributed by atoms with Crippen molar-refractivity contribution in [2.24, 2.45) is 0 Å². The van der Waals surface area contributed by atoms with Crippen LogP contribution in [0, 0.1) is 0 Å². The molecule has 1 fully saturated rings. The van der Waals surface area contributed by atoms with E-state index in [1.54, 1.807) is 0 Å². The van der Waals surface area contributed by atoms with Crippen LogP contribution in [0.25, 0.3) is 0 Å². The molecule has 1 atom stereocenters. The van der Waals surface area contributed by atoms with Crippen LogP contribution >= 0.6 is 0 Å². The van der Waals surface area contributed by atoms with Gasteiger partial charge in [0, 0.05) is 6.42 Å². The minimum Gasteiger partial charge on any atom is -0.392 e. The molecule has 0 radical (unpaired) electrons. The van der Waals surface area contributed by atoms with Crippen LogP contribution < -0.4 is 5.32 Å². The predicted molar refractivity (Wildman–Crippen MR) is 37.4 cm³/mol. The van der Waals surface area contributed by atoms with E-state index in [1.165, 1.54) is 0 Å². The van der Waals surface area contributed by atoms with Gasteiger partial charge in [-0.3, -0.25) is 4.79 Å². The van der Waals surface area contributed by atoms with E-state index in [0.717, 1.165) is 6.42 Å². The van der Waals surface area contributed by atoms with E-state index in [1.807, 2.05) is 0 Å². The summed E-state index contributed by atoms with van der Waals surface area (Å²) < 4.78 is 0. The summed E-state index contributed by atoms with van der Waals surface area (Å²) in [5.74, 6) is 0.0552.